The van der Waals surface area contributed by atoms with E-state index in [0.29, 0.717) is 6.54 Å². The Bertz CT molecular complexity index is 841. The van der Waals surface area contributed by atoms with Crippen molar-refractivity contribution in [2.45, 2.75) is 39.3 Å². The largest absolute Gasteiger partial charge is 0.488 e. The highest BCUT2D eigenvalue weighted by atomic mass is 16.5. The van der Waals surface area contributed by atoms with Crippen molar-refractivity contribution in [2.75, 3.05) is 7.11 Å². The molecule has 0 fully saturated rings. The molecule has 2 N–H and O–H groups in total. The van der Waals surface area contributed by atoms with Gasteiger partial charge in [0.25, 0.3) is 5.91 Å². The molecule has 0 heterocycles. The normalized spacial score (nSPS) is 11.7. The number of benzene rings is 2. The van der Waals surface area contributed by atoms with E-state index in [9.17, 15) is 9.59 Å². The minimum absolute atomic E-state index is 0.0597. The number of amides is 2. The number of hydrogen-bond donors (Lipinski definition) is 2. The standard InChI is InChI=1S/C22H27N3O4/c1-22(2,3)29-18-12-10-17(11-13-18)15-23-25-20(26)19(24-21(27)28-4)14-16-8-6-5-7-9-16/h5-13,23H,14-15H2,1-4H3,(H,25,26). The number of ether oxygens (including phenoxy) is 2. The first-order chi connectivity index (χ1) is 13.8. The summed E-state index contributed by atoms with van der Waals surface area (Å²) in [6.07, 6.45) is -0.608. The lowest BCUT2D eigenvalue weighted by Crippen LogP contribution is -2.42. The quantitative estimate of drug-likeness (QED) is 0.552. The third-order valence-electron chi connectivity index (χ3n) is 3.72. The number of nitrogens with one attached hydrogen (secondary N) is 2. The van der Waals surface area contributed by atoms with Gasteiger partial charge in [0.1, 0.15) is 17.1 Å². The molecule has 0 saturated heterocycles. The highest BCUT2D eigenvalue weighted by Gasteiger charge is 2.15. The second-order valence-corrected chi connectivity index (χ2v) is 7.36. The summed E-state index contributed by atoms with van der Waals surface area (Å²) in [6.45, 7) is 6.36. The summed E-state index contributed by atoms with van der Waals surface area (Å²) in [5, 5.41) is 0. The Balaban J connectivity index is 1.94. The van der Waals surface area contributed by atoms with Gasteiger partial charge in [-0.2, -0.15) is 4.99 Å². The molecular formula is C22H27N3O4. The maximum absolute atomic E-state index is 12.5. The number of rotatable bonds is 7. The van der Waals surface area contributed by atoms with Gasteiger partial charge in [0.05, 0.1) is 7.11 Å². The van der Waals surface area contributed by atoms with Crippen LogP contribution in [0.25, 0.3) is 0 Å². The van der Waals surface area contributed by atoms with E-state index < -0.39 is 12.0 Å². The van der Waals surface area contributed by atoms with Crippen LogP contribution in [0.3, 0.4) is 0 Å². The Hall–Kier alpha value is -3.19. The number of carbonyl (C=O) groups excluding carboxylic acids is 2. The monoisotopic (exact) mass is 397 g/mol. The average Bonchev–Trinajstić information content (AvgIpc) is 2.68. The van der Waals surface area contributed by atoms with Crippen molar-refractivity contribution in [1.82, 2.24) is 10.9 Å². The second kappa shape index (κ2) is 10.4. The first-order valence-corrected chi connectivity index (χ1v) is 9.27. The summed E-state index contributed by atoms with van der Waals surface area (Å²) in [6, 6.07) is 16.9. The van der Waals surface area contributed by atoms with Gasteiger partial charge in [0.15, 0.2) is 0 Å². The molecule has 0 atom stereocenters. The van der Waals surface area contributed by atoms with Crippen LogP contribution in [0.2, 0.25) is 0 Å². The number of aliphatic imine (C=N–C) groups is 1. The van der Waals surface area contributed by atoms with Crippen molar-refractivity contribution in [3.63, 3.8) is 0 Å². The molecule has 7 nitrogen and oxygen atoms in total. The minimum atomic E-state index is -0.819. The smallest absolute Gasteiger partial charge is 0.433 e. The lowest BCUT2D eigenvalue weighted by Gasteiger charge is -2.21. The molecule has 7 heteroatoms. The number of hydrazine groups is 1. The molecule has 0 radical (unpaired) electrons. The van der Waals surface area contributed by atoms with Crippen molar-refractivity contribution in [2.24, 2.45) is 4.99 Å². The molecule has 0 unspecified atom stereocenters. The van der Waals surface area contributed by atoms with Crippen molar-refractivity contribution < 1.29 is 19.1 Å². The molecule has 0 aliphatic carbocycles. The maximum Gasteiger partial charge on any atom is 0.433 e. The fraction of sp³-hybridized carbons (Fsp3) is 0.318. The fourth-order valence-electron chi connectivity index (χ4n) is 2.44. The summed E-state index contributed by atoms with van der Waals surface area (Å²) in [4.78, 5) is 27.7. The molecule has 0 spiro atoms. The van der Waals surface area contributed by atoms with Crippen molar-refractivity contribution in [3.8, 4) is 5.75 Å². The van der Waals surface area contributed by atoms with Gasteiger partial charge in [-0.15, -0.1) is 0 Å². The lowest BCUT2D eigenvalue weighted by molar-refractivity contribution is -0.115. The Morgan fingerprint density at radius 3 is 2.21 bits per heavy atom. The Morgan fingerprint density at radius 1 is 0.966 bits per heavy atom. The van der Waals surface area contributed by atoms with Crippen LogP contribution in [0, 0.1) is 0 Å². The van der Waals surface area contributed by atoms with Crippen LogP contribution in [0.1, 0.15) is 31.9 Å². The van der Waals surface area contributed by atoms with Gasteiger partial charge in [-0.05, 0) is 44.0 Å². The van der Waals surface area contributed by atoms with Crippen molar-refractivity contribution >= 4 is 17.7 Å². The molecule has 154 valence electrons. The van der Waals surface area contributed by atoms with Crippen molar-refractivity contribution in [3.05, 3.63) is 65.7 Å². The molecule has 0 aliphatic rings. The number of methoxy groups -OCH3 is 1. The number of carbonyl (C=O) groups is 2. The van der Waals surface area contributed by atoms with E-state index in [4.69, 9.17) is 4.74 Å². The Morgan fingerprint density at radius 2 is 1.62 bits per heavy atom. The van der Waals surface area contributed by atoms with Gasteiger partial charge in [-0.3, -0.25) is 10.2 Å². The summed E-state index contributed by atoms with van der Waals surface area (Å²) in [5.74, 6) is 0.285. The molecule has 2 aromatic rings. The molecule has 0 bridgehead atoms. The molecule has 2 aromatic carbocycles. The molecule has 2 amide bonds. The first kappa shape index (κ1) is 22.1. The molecule has 0 aromatic heterocycles. The average molecular weight is 397 g/mol. The van der Waals surface area contributed by atoms with E-state index in [2.05, 4.69) is 20.6 Å². The lowest BCUT2D eigenvalue weighted by atomic mass is 10.1. The van der Waals surface area contributed by atoms with Crippen LogP contribution < -0.4 is 15.6 Å². The van der Waals surface area contributed by atoms with Crippen LogP contribution >= 0.6 is 0 Å². The van der Waals surface area contributed by atoms with Gasteiger partial charge in [-0.1, -0.05) is 42.5 Å². The van der Waals surface area contributed by atoms with Gasteiger partial charge in [0, 0.05) is 13.0 Å². The summed E-state index contributed by atoms with van der Waals surface area (Å²) < 4.78 is 10.3. The number of nitrogens with zero attached hydrogens (tertiary/aromatic N) is 1. The third-order valence-corrected chi connectivity index (χ3v) is 3.72. The second-order valence-electron chi connectivity index (χ2n) is 7.36. The van der Waals surface area contributed by atoms with E-state index in [1.165, 1.54) is 7.11 Å². The van der Waals surface area contributed by atoms with Gasteiger partial charge in [0.2, 0.25) is 0 Å². The van der Waals surface area contributed by atoms with Crippen molar-refractivity contribution in [1.29, 1.82) is 0 Å². The molecule has 0 saturated carbocycles. The zero-order valence-corrected chi connectivity index (χ0v) is 17.2. The summed E-state index contributed by atoms with van der Waals surface area (Å²) in [5.41, 5.74) is 7.05. The predicted molar refractivity (Wildman–Crippen MR) is 112 cm³/mol. The van der Waals surface area contributed by atoms with Gasteiger partial charge < -0.3 is 9.47 Å². The molecule has 2 rings (SSSR count). The first-order valence-electron chi connectivity index (χ1n) is 9.27. The molecule has 0 aliphatic heterocycles. The molecule has 29 heavy (non-hydrogen) atoms. The zero-order valence-electron chi connectivity index (χ0n) is 17.2. The van der Waals surface area contributed by atoms with Crippen LogP contribution in [0.4, 0.5) is 4.79 Å². The van der Waals surface area contributed by atoms with E-state index in [1.807, 2.05) is 75.4 Å². The maximum atomic E-state index is 12.5. The summed E-state index contributed by atoms with van der Waals surface area (Å²) >= 11 is 0. The minimum Gasteiger partial charge on any atom is -0.488 e. The van der Waals surface area contributed by atoms with Crippen LogP contribution in [-0.2, 0) is 22.5 Å². The highest BCUT2D eigenvalue weighted by molar-refractivity contribution is 6.40. The van der Waals surface area contributed by atoms with E-state index in [0.717, 1.165) is 16.9 Å². The van der Waals surface area contributed by atoms with Crippen LogP contribution in [-0.4, -0.2) is 30.4 Å². The Labute approximate surface area is 171 Å². The predicted octanol–water partition coefficient (Wildman–Crippen LogP) is 3.43. The van der Waals surface area contributed by atoms with Gasteiger partial charge in [-0.25, -0.2) is 10.2 Å². The molecular weight excluding hydrogens is 370 g/mol. The highest BCUT2D eigenvalue weighted by Crippen LogP contribution is 2.18. The summed E-state index contributed by atoms with van der Waals surface area (Å²) in [7, 11) is 1.22. The fourth-order valence-corrected chi connectivity index (χ4v) is 2.44. The van der Waals surface area contributed by atoms with Crippen LogP contribution in [0.15, 0.2) is 59.6 Å². The van der Waals surface area contributed by atoms with E-state index in [-0.39, 0.29) is 17.7 Å². The van der Waals surface area contributed by atoms with Crippen LogP contribution in [0.5, 0.6) is 5.75 Å². The van der Waals surface area contributed by atoms with E-state index in [1.54, 1.807) is 0 Å². The Kier molecular flexibility index (Phi) is 7.91. The third kappa shape index (κ3) is 8.15. The van der Waals surface area contributed by atoms with Gasteiger partial charge >= 0.3 is 6.09 Å². The topological polar surface area (TPSA) is 89.0 Å². The number of hydrogen-bond acceptors (Lipinski definition) is 5. The van der Waals surface area contributed by atoms with E-state index >= 15 is 0 Å². The SMILES string of the molecule is COC(=O)N=C(Cc1ccccc1)C(=O)NNCc1ccc(OC(C)(C)C)cc1. The zero-order chi connectivity index (χ0) is 21.3.